The van der Waals surface area contributed by atoms with Gasteiger partial charge in [0.2, 0.25) is 0 Å². The van der Waals surface area contributed by atoms with Crippen molar-refractivity contribution in [3.05, 3.63) is 35.9 Å². The van der Waals surface area contributed by atoms with Crippen LogP contribution in [0.15, 0.2) is 30.3 Å². The van der Waals surface area contributed by atoms with Gasteiger partial charge in [0.1, 0.15) is 6.61 Å². The normalized spacial score (nSPS) is 22.1. The SMILES string of the molecule is CC1(C(CC(=O)O)NC(=O)OCc2ccccc2)CCCCO1. The number of carboxylic acids is 1. The van der Waals surface area contributed by atoms with Crippen LogP contribution in [0.5, 0.6) is 0 Å². The molecule has 2 unspecified atom stereocenters. The number of ether oxygens (including phenoxy) is 2. The molecule has 23 heavy (non-hydrogen) atoms. The van der Waals surface area contributed by atoms with Gasteiger partial charge in [-0.15, -0.1) is 0 Å². The minimum Gasteiger partial charge on any atom is -0.481 e. The lowest BCUT2D eigenvalue weighted by Crippen LogP contribution is -2.54. The van der Waals surface area contributed by atoms with Gasteiger partial charge in [-0.05, 0) is 31.7 Å². The summed E-state index contributed by atoms with van der Waals surface area (Å²) >= 11 is 0. The van der Waals surface area contributed by atoms with Crippen molar-refractivity contribution < 1.29 is 24.2 Å². The average molecular weight is 321 g/mol. The summed E-state index contributed by atoms with van der Waals surface area (Å²) in [5.74, 6) is -0.978. The van der Waals surface area contributed by atoms with Crippen LogP contribution >= 0.6 is 0 Å². The fourth-order valence-electron chi connectivity index (χ4n) is 2.73. The minimum atomic E-state index is -0.978. The maximum atomic E-state index is 12.0. The van der Waals surface area contributed by atoms with E-state index in [1.54, 1.807) is 0 Å². The van der Waals surface area contributed by atoms with E-state index in [1.807, 2.05) is 37.3 Å². The Morgan fingerprint density at radius 2 is 2.09 bits per heavy atom. The summed E-state index contributed by atoms with van der Waals surface area (Å²) in [5, 5.41) is 11.8. The Hall–Kier alpha value is -2.08. The molecule has 0 saturated carbocycles. The van der Waals surface area contributed by atoms with Crippen LogP contribution < -0.4 is 5.32 Å². The molecule has 2 atom stereocenters. The molecule has 1 fully saturated rings. The van der Waals surface area contributed by atoms with Gasteiger partial charge in [0.15, 0.2) is 0 Å². The fraction of sp³-hybridized carbons (Fsp3) is 0.529. The summed E-state index contributed by atoms with van der Waals surface area (Å²) in [6.07, 6.45) is 1.79. The molecule has 1 aliphatic rings. The molecule has 0 aromatic heterocycles. The van der Waals surface area contributed by atoms with Gasteiger partial charge in [0.05, 0.1) is 18.1 Å². The molecule has 126 valence electrons. The number of rotatable bonds is 6. The maximum Gasteiger partial charge on any atom is 0.407 e. The van der Waals surface area contributed by atoms with Gasteiger partial charge in [0.25, 0.3) is 0 Å². The quantitative estimate of drug-likeness (QED) is 0.841. The first-order valence-electron chi connectivity index (χ1n) is 7.82. The van der Waals surface area contributed by atoms with Crippen LogP contribution in [-0.4, -0.2) is 35.4 Å². The lowest BCUT2D eigenvalue weighted by atomic mass is 9.86. The van der Waals surface area contributed by atoms with E-state index in [0.29, 0.717) is 13.0 Å². The molecule has 2 rings (SSSR count). The van der Waals surface area contributed by atoms with E-state index in [2.05, 4.69) is 5.32 Å². The number of carbonyl (C=O) groups is 2. The Morgan fingerprint density at radius 1 is 1.35 bits per heavy atom. The molecule has 1 aromatic carbocycles. The van der Waals surface area contributed by atoms with Crippen molar-refractivity contribution in [2.45, 2.75) is 50.9 Å². The number of carbonyl (C=O) groups excluding carboxylic acids is 1. The number of alkyl carbamates (subject to hydrolysis) is 1. The van der Waals surface area contributed by atoms with Crippen molar-refractivity contribution in [3.63, 3.8) is 0 Å². The lowest BCUT2D eigenvalue weighted by molar-refractivity contribution is -0.142. The summed E-state index contributed by atoms with van der Waals surface area (Å²) in [4.78, 5) is 23.1. The molecular formula is C17H23NO5. The Labute approximate surface area is 135 Å². The van der Waals surface area contributed by atoms with Gasteiger partial charge in [-0.1, -0.05) is 30.3 Å². The third-order valence-corrected chi connectivity index (χ3v) is 4.12. The molecule has 1 saturated heterocycles. The van der Waals surface area contributed by atoms with E-state index < -0.39 is 23.7 Å². The van der Waals surface area contributed by atoms with E-state index >= 15 is 0 Å². The number of aliphatic carboxylic acids is 1. The molecule has 0 bridgehead atoms. The largest absolute Gasteiger partial charge is 0.481 e. The first kappa shape index (κ1) is 17.3. The summed E-state index contributed by atoms with van der Waals surface area (Å²) in [5.41, 5.74) is 0.195. The van der Waals surface area contributed by atoms with Crippen LogP contribution in [0.3, 0.4) is 0 Å². The zero-order valence-corrected chi connectivity index (χ0v) is 13.3. The van der Waals surface area contributed by atoms with Gasteiger partial charge in [-0.2, -0.15) is 0 Å². The molecule has 6 heteroatoms. The number of benzene rings is 1. The second kappa shape index (κ2) is 7.97. The highest BCUT2D eigenvalue weighted by Crippen LogP contribution is 2.29. The predicted molar refractivity (Wildman–Crippen MR) is 84.0 cm³/mol. The van der Waals surface area contributed by atoms with Gasteiger partial charge < -0.3 is 19.9 Å². The van der Waals surface area contributed by atoms with Crippen LogP contribution in [-0.2, 0) is 20.9 Å². The van der Waals surface area contributed by atoms with Crippen LogP contribution in [0.1, 0.15) is 38.2 Å². The van der Waals surface area contributed by atoms with E-state index in [9.17, 15) is 9.59 Å². The Balaban J connectivity index is 1.93. The van der Waals surface area contributed by atoms with Crippen LogP contribution in [0, 0.1) is 0 Å². The summed E-state index contributed by atoms with van der Waals surface area (Å²) in [6, 6.07) is 8.69. The van der Waals surface area contributed by atoms with Crippen molar-refractivity contribution in [2.24, 2.45) is 0 Å². The van der Waals surface area contributed by atoms with Crippen molar-refractivity contribution in [1.82, 2.24) is 5.32 Å². The van der Waals surface area contributed by atoms with Crippen molar-refractivity contribution >= 4 is 12.1 Å². The maximum absolute atomic E-state index is 12.0. The second-order valence-electron chi connectivity index (χ2n) is 5.97. The zero-order chi connectivity index (χ0) is 16.7. The molecule has 1 aliphatic heterocycles. The van der Waals surface area contributed by atoms with Gasteiger partial charge in [0, 0.05) is 6.61 Å². The Kier molecular flexibility index (Phi) is 5.98. The number of nitrogens with one attached hydrogen (secondary N) is 1. The molecular weight excluding hydrogens is 298 g/mol. The smallest absolute Gasteiger partial charge is 0.407 e. The molecule has 1 amide bonds. The van der Waals surface area contributed by atoms with Crippen molar-refractivity contribution in [2.75, 3.05) is 6.61 Å². The molecule has 0 aliphatic carbocycles. The van der Waals surface area contributed by atoms with Crippen LogP contribution in [0.25, 0.3) is 0 Å². The highest BCUT2D eigenvalue weighted by Gasteiger charge is 2.39. The number of hydrogen-bond donors (Lipinski definition) is 2. The second-order valence-corrected chi connectivity index (χ2v) is 5.97. The van der Waals surface area contributed by atoms with E-state index in [-0.39, 0.29) is 13.0 Å². The van der Waals surface area contributed by atoms with Crippen molar-refractivity contribution in [3.8, 4) is 0 Å². The lowest BCUT2D eigenvalue weighted by Gasteiger charge is -2.40. The Bertz CT molecular complexity index is 525. The highest BCUT2D eigenvalue weighted by atomic mass is 16.5. The number of carboxylic acid groups (broad SMARTS) is 1. The van der Waals surface area contributed by atoms with Crippen LogP contribution in [0.2, 0.25) is 0 Å². The number of amides is 1. The van der Waals surface area contributed by atoms with E-state index in [4.69, 9.17) is 14.6 Å². The summed E-state index contributed by atoms with van der Waals surface area (Å²) < 4.78 is 10.9. The number of hydrogen-bond acceptors (Lipinski definition) is 4. The average Bonchev–Trinajstić information content (AvgIpc) is 2.54. The van der Waals surface area contributed by atoms with Gasteiger partial charge >= 0.3 is 12.1 Å². The van der Waals surface area contributed by atoms with Gasteiger partial charge in [-0.3, -0.25) is 4.79 Å². The van der Waals surface area contributed by atoms with Crippen LogP contribution in [0.4, 0.5) is 4.79 Å². The molecule has 2 N–H and O–H groups in total. The first-order chi connectivity index (χ1) is 11.0. The third kappa shape index (κ3) is 5.25. The van der Waals surface area contributed by atoms with E-state index in [1.165, 1.54) is 0 Å². The summed E-state index contributed by atoms with van der Waals surface area (Å²) in [7, 11) is 0. The highest BCUT2D eigenvalue weighted by molar-refractivity contribution is 5.71. The molecule has 1 heterocycles. The Morgan fingerprint density at radius 3 is 2.70 bits per heavy atom. The molecule has 1 aromatic rings. The monoisotopic (exact) mass is 321 g/mol. The topological polar surface area (TPSA) is 84.9 Å². The standard InChI is InChI=1S/C17H23NO5/c1-17(9-5-6-10-23-17)14(11-15(19)20)18-16(21)22-12-13-7-3-2-4-8-13/h2-4,7-8,14H,5-6,9-12H2,1H3,(H,18,21)(H,19,20). The predicted octanol–water partition coefficient (Wildman–Crippen LogP) is 2.72. The zero-order valence-electron chi connectivity index (χ0n) is 13.3. The van der Waals surface area contributed by atoms with Gasteiger partial charge in [-0.25, -0.2) is 4.79 Å². The molecule has 0 spiro atoms. The first-order valence-corrected chi connectivity index (χ1v) is 7.82. The summed E-state index contributed by atoms with van der Waals surface area (Å²) in [6.45, 7) is 2.56. The fourth-order valence-corrected chi connectivity index (χ4v) is 2.73. The molecule has 6 nitrogen and oxygen atoms in total. The van der Waals surface area contributed by atoms with E-state index in [0.717, 1.165) is 18.4 Å². The van der Waals surface area contributed by atoms with Crippen molar-refractivity contribution in [1.29, 1.82) is 0 Å². The molecule has 0 radical (unpaired) electrons. The third-order valence-electron chi connectivity index (χ3n) is 4.12. The minimum absolute atomic E-state index is 0.143.